The lowest BCUT2D eigenvalue weighted by Gasteiger charge is -2.13. The van der Waals surface area contributed by atoms with Crippen LogP contribution in [0.4, 0.5) is 5.69 Å². The lowest BCUT2D eigenvalue weighted by Crippen LogP contribution is -2.28. The maximum atomic E-state index is 13.0. The summed E-state index contributed by atoms with van der Waals surface area (Å²) in [6.07, 6.45) is 2.30. The van der Waals surface area contributed by atoms with E-state index in [9.17, 15) is 9.59 Å². The van der Waals surface area contributed by atoms with Crippen molar-refractivity contribution in [2.24, 2.45) is 0 Å². The third-order valence-electron chi connectivity index (χ3n) is 5.26. The van der Waals surface area contributed by atoms with E-state index in [1.54, 1.807) is 24.3 Å². The zero-order valence-electron chi connectivity index (χ0n) is 16.0. The second-order valence-electron chi connectivity index (χ2n) is 7.24. The Morgan fingerprint density at radius 3 is 2.60 bits per heavy atom. The van der Waals surface area contributed by atoms with Crippen LogP contribution in [-0.2, 0) is 24.2 Å². The highest BCUT2D eigenvalue weighted by molar-refractivity contribution is 6.30. The Bertz CT molecular complexity index is 1310. The van der Waals surface area contributed by atoms with Gasteiger partial charge in [0.05, 0.1) is 0 Å². The number of fused-ring (bicyclic) bond motifs is 2. The van der Waals surface area contributed by atoms with Crippen molar-refractivity contribution in [2.45, 2.75) is 25.8 Å². The van der Waals surface area contributed by atoms with Crippen LogP contribution in [-0.4, -0.2) is 25.1 Å². The van der Waals surface area contributed by atoms with Gasteiger partial charge in [-0.3, -0.25) is 9.59 Å². The summed E-state index contributed by atoms with van der Waals surface area (Å²) in [5, 5.41) is 7.92. The molecule has 1 aliphatic rings. The molecule has 2 aromatic heterocycles. The molecule has 1 aliphatic carbocycles. The molecule has 30 heavy (non-hydrogen) atoms. The Hall–Kier alpha value is -3.45. The summed E-state index contributed by atoms with van der Waals surface area (Å²) >= 11 is 5.91. The molecule has 2 heterocycles. The number of rotatable bonds is 4. The number of hydrogen-bond acceptors (Lipinski definition) is 4. The average Bonchev–Trinajstić information content (AvgIpc) is 3.42. The Labute approximate surface area is 176 Å². The fraction of sp³-hybridized carbons (Fsp3) is 0.182. The van der Waals surface area contributed by atoms with Crippen molar-refractivity contribution in [2.75, 3.05) is 5.32 Å². The molecule has 5 rings (SSSR count). The van der Waals surface area contributed by atoms with Gasteiger partial charge in [0.25, 0.3) is 5.56 Å². The number of halogens is 1. The van der Waals surface area contributed by atoms with Crippen LogP contribution in [0, 0.1) is 0 Å². The molecule has 0 bridgehead atoms. The summed E-state index contributed by atoms with van der Waals surface area (Å²) in [4.78, 5) is 30.3. The van der Waals surface area contributed by atoms with Crippen LogP contribution in [0.2, 0.25) is 5.02 Å². The second-order valence-corrected chi connectivity index (χ2v) is 7.67. The zero-order chi connectivity index (χ0) is 20.7. The number of carbonyl (C=O) groups is 1. The van der Waals surface area contributed by atoms with Crippen molar-refractivity contribution in [3.05, 3.63) is 81.2 Å². The van der Waals surface area contributed by atoms with E-state index in [0.717, 1.165) is 24.1 Å². The maximum absolute atomic E-state index is 13.0. The minimum absolute atomic E-state index is 0.0433. The maximum Gasteiger partial charge on any atom is 0.279 e. The summed E-state index contributed by atoms with van der Waals surface area (Å²) in [6, 6.07) is 16.4. The van der Waals surface area contributed by atoms with E-state index in [0.29, 0.717) is 34.3 Å². The molecule has 2 aromatic carbocycles. The van der Waals surface area contributed by atoms with Crippen LogP contribution in [0.3, 0.4) is 0 Å². The van der Waals surface area contributed by atoms with Gasteiger partial charge in [0.15, 0.2) is 5.82 Å². The number of benzene rings is 2. The van der Waals surface area contributed by atoms with Crippen LogP contribution in [0.5, 0.6) is 0 Å². The Morgan fingerprint density at radius 1 is 1.07 bits per heavy atom. The Morgan fingerprint density at radius 2 is 1.83 bits per heavy atom. The molecule has 7 nitrogen and oxygen atoms in total. The van der Waals surface area contributed by atoms with Gasteiger partial charge in [-0.25, -0.2) is 0 Å². The summed E-state index contributed by atoms with van der Waals surface area (Å²) in [7, 11) is 0. The van der Waals surface area contributed by atoms with Crippen LogP contribution in [0.25, 0.3) is 17.2 Å². The number of carbonyl (C=O) groups excluding carboxylic acids is 1. The molecule has 0 atom stereocenters. The molecule has 4 aromatic rings. The van der Waals surface area contributed by atoms with Crippen molar-refractivity contribution >= 4 is 29.0 Å². The van der Waals surface area contributed by atoms with Crippen molar-refractivity contribution in [3.8, 4) is 11.4 Å². The van der Waals surface area contributed by atoms with E-state index in [-0.39, 0.29) is 18.0 Å². The van der Waals surface area contributed by atoms with Crippen LogP contribution < -0.4 is 10.9 Å². The summed E-state index contributed by atoms with van der Waals surface area (Å²) in [6.45, 7) is 0.0433. The van der Waals surface area contributed by atoms with Crippen LogP contribution in [0.15, 0.2) is 59.4 Å². The van der Waals surface area contributed by atoms with Gasteiger partial charge in [-0.1, -0.05) is 41.9 Å². The number of amides is 1. The summed E-state index contributed by atoms with van der Waals surface area (Å²) in [5.41, 5.74) is 2.90. The minimum atomic E-state index is -0.207. The molecule has 1 N–H and O–H groups in total. The van der Waals surface area contributed by atoms with Gasteiger partial charge >= 0.3 is 0 Å². The zero-order valence-corrected chi connectivity index (χ0v) is 16.8. The molecular formula is C22H18ClN5O2. The first-order valence-corrected chi connectivity index (χ1v) is 10.1. The highest BCUT2D eigenvalue weighted by Gasteiger charge is 2.25. The molecule has 8 heteroatoms. The van der Waals surface area contributed by atoms with Gasteiger partial charge in [0.2, 0.25) is 11.7 Å². The summed E-state index contributed by atoms with van der Waals surface area (Å²) < 4.78 is 3.14. The topological polar surface area (TPSA) is 81.3 Å². The standard InChI is InChI=1S/C22H18ClN5O2/c23-15-9-11-16(12-10-15)24-19(29)13-27-18-8-4-7-17(18)21(30)28-22(27)25-20(26-28)14-5-2-1-3-6-14/h1-3,5-6,9-12H,4,7-8,13H2,(H,24,29). The highest BCUT2D eigenvalue weighted by Crippen LogP contribution is 2.23. The predicted molar refractivity (Wildman–Crippen MR) is 115 cm³/mol. The average molecular weight is 420 g/mol. The lowest BCUT2D eigenvalue weighted by atomic mass is 10.2. The molecule has 1 amide bonds. The monoisotopic (exact) mass is 419 g/mol. The van der Waals surface area contributed by atoms with E-state index in [1.807, 2.05) is 34.9 Å². The number of aromatic nitrogens is 4. The molecule has 0 fully saturated rings. The number of nitrogens with one attached hydrogen (secondary N) is 1. The van der Waals surface area contributed by atoms with Crippen molar-refractivity contribution in [3.63, 3.8) is 0 Å². The van der Waals surface area contributed by atoms with Gasteiger partial charge in [-0.05, 0) is 43.5 Å². The van der Waals surface area contributed by atoms with Gasteiger partial charge in [0, 0.05) is 27.5 Å². The molecule has 0 saturated carbocycles. The summed E-state index contributed by atoms with van der Waals surface area (Å²) in [5.74, 6) is 0.634. The lowest BCUT2D eigenvalue weighted by molar-refractivity contribution is -0.116. The molecule has 0 spiro atoms. The van der Waals surface area contributed by atoms with Gasteiger partial charge in [0.1, 0.15) is 6.54 Å². The molecule has 0 saturated heterocycles. The molecular weight excluding hydrogens is 402 g/mol. The fourth-order valence-electron chi connectivity index (χ4n) is 3.87. The number of nitrogens with zero attached hydrogens (tertiary/aromatic N) is 4. The van der Waals surface area contributed by atoms with E-state index in [1.165, 1.54) is 4.52 Å². The first-order valence-electron chi connectivity index (χ1n) is 9.72. The third-order valence-corrected chi connectivity index (χ3v) is 5.51. The van der Waals surface area contributed by atoms with E-state index in [4.69, 9.17) is 11.6 Å². The predicted octanol–water partition coefficient (Wildman–Crippen LogP) is 3.34. The van der Waals surface area contributed by atoms with Crippen molar-refractivity contribution < 1.29 is 4.79 Å². The largest absolute Gasteiger partial charge is 0.325 e. The Balaban J connectivity index is 1.57. The van der Waals surface area contributed by atoms with E-state index < -0.39 is 0 Å². The number of anilines is 1. The molecule has 0 aliphatic heterocycles. The molecule has 150 valence electrons. The van der Waals surface area contributed by atoms with Crippen LogP contribution >= 0.6 is 11.6 Å². The van der Waals surface area contributed by atoms with E-state index in [2.05, 4.69) is 15.4 Å². The van der Waals surface area contributed by atoms with Crippen LogP contribution in [0.1, 0.15) is 17.7 Å². The number of hydrogen-bond donors (Lipinski definition) is 1. The van der Waals surface area contributed by atoms with Crippen molar-refractivity contribution in [1.82, 2.24) is 19.2 Å². The third kappa shape index (κ3) is 3.27. The fourth-order valence-corrected chi connectivity index (χ4v) is 4.00. The van der Waals surface area contributed by atoms with Gasteiger partial charge in [-0.15, -0.1) is 5.10 Å². The quantitative estimate of drug-likeness (QED) is 0.550. The highest BCUT2D eigenvalue weighted by atomic mass is 35.5. The first-order chi connectivity index (χ1) is 14.6. The molecule has 0 radical (unpaired) electrons. The van der Waals surface area contributed by atoms with Gasteiger partial charge in [-0.2, -0.15) is 9.50 Å². The smallest absolute Gasteiger partial charge is 0.279 e. The SMILES string of the molecule is O=C(Cn1c2c(c(=O)n3nc(-c4ccccc4)nc13)CCC2)Nc1ccc(Cl)cc1. The normalized spacial score (nSPS) is 12.8. The van der Waals surface area contributed by atoms with E-state index >= 15 is 0 Å². The molecule has 0 unspecified atom stereocenters. The minimum Gasteiger partial charge on any atom is -0.325 e. The van der Waals surface area contributed by atoms with Gasteiger partial charge < -0.3 is 9.88 Å². The second kappa shape index (κ2) is 7.42. The van der Waals surface area contributed by atoms with Crippen molar-refractivity contribution in [1.29, 1.82) is 0 Å². The Kier molecular flexibility index (Phi) is 4.59. The first kappa shape index (κ1) is 18.6.